The SMILES string of the molecule is Nc1ccc(N2CCC[C@H]3CCCC[C@H]32)cc1C(=O)O. The number of nitrogens with zero attached hydrogens (tertiary/aromatic N) is 1. The number of fused-ring (bicyclic) bond motifs is 1. The van der Waals surface area contributed by atoms with Crippen LogP contribution >= 0.6 is 0 Å². The molecule has 1 aromatic rings. The van der Waals surface area contributed by atoms with Crippen LogP contribution in [-0.4, -0.2) is 23.7 Å². The number of rotatable bonds is 2. The molecule has 2 aliphatic rings. The van der Waals surface area contributed by atoms with Crippen LogP contribution in [0.4, 0.5) is 11.4 Å². The molecule has 0 bridgehead atoms. The average molecular weight is 274 g/mol. The fourth-order valence-electron chi connectivity index (χ4n) is 3.85. The molecule has 0 unspecified atom stereocenters. The van der Waals surface area contributed by atoms with Crippen molar-refractivity contribution in [2.45, 2.75) is 44.6 Å². The summed E-state index contributed by atoms with van der Waals surface area (Å²) in [6.07, 6.45) is 7.71. The van der Waals surface area contributed by atoms with Crippen molar-refractivity contribution in [3.8, 4) is 0 Å². The zero-order valence-electron chi connectivity index (χ0n) is 11.7. The van der Waals surface area contributed by atoms with Crippen LogP contribution < -0.4 is 10.6 Å². The molecule has 1 aliphatic heterocycles. The van der Waals surface area contributed by atoms with Crippen LogP contribution in [-0.2, 0) is 0 Å². The maximum atomic E-state index is 11.2. The van der Waals surface area contributed by atoms with Crippen LogP contribution in [0.25, 0.3) is 0 Å². The third kappa shape index (κ3) is 2.35. The Balaban J connectivity index is 1.91. The number of hydrogen-bond donors (Lipinski definition) is 2. The lowest BCUT2D eigenvalue weighted by atomic mass is 9.78. The second-order valence-corrected chi connectivity index (χ2v) is 6.02. The summed E-state index contributed by atoms with van der Waals surface area (Å²) in [7, 11) is 0. The third-order valence-corrected chi connectivity index (χ3v) is 4.84. The summed E-state index contributed by atoms with van der Waals surface area (Å²) in [6, 6.07) is 6.03. The highest BCUT2D eigenvalue weighted by molar-refractivity contribution is 5.94. The van der Waals surface area contributed by atoms with Crippen molar-refractivity contribution in [2.24, 2.45) is 5.92 Å². The number of aromatic carboxylic acids is 1. The Morgan fingerprint density at radius 1 is 1.20 bits per heavy atom. The Bertz CT molecular complexity index is 513. The maximum absolute atomic E-state index is 11.2. The van der Waals surface area contributed by atoms with Gasteiger partial charge in [-0.2, -0.15) is 0 Å². The van der Waals surface area contributed by atoms with Crippen LogP contribution in [0.3, 0.4) is 0 Å². The molecule has 2 atom stereocenters. The largest absolute Gasteiger partial charge is 0.478 e. The van der Waals surface area contributed by atoms with Crippen molar-refractivity contribution in [2.75, 3.05) is 17.2 Å². The zero-order valence-corrected chi connectivity index (χ0v) is 11.7. The molecule has 0 aromatic heterocycles. The molecule has 2 fully saturated rings. The summed E-state index contributed by atoms with van der Waals surface area (Å²) in [5, 5.41) is 9.22. The molecule has 1 saturated carbocycles. The van der Waals surface area contributed by atoms with Gasteiger partial charge in [-0.05, 0) is 49.8 Å². The summed E-state index contributed by atoms with van der Waals surface area (Å²) in [4.78, 5) is 13.7. The summed E-state index contributed by atoms with van der Waals surface area (Å²) < 4.78 is 0. The molecule has 0 spiro atoms. The van der Waals surface area contributed by atoms with Crippen LogP contribution in [0.15, 0.2) is 18.2 Å². The quantitative estimate of drug-likeness (QED) is 0.813. The Morgan fingerprint density at radius 2 is 1.95 bits per heavy atom. The van der Waals surface area contributed by atoms with Crippen molar-refractivity contribution in [1.82, 2.24) is 0 Å². The molecule has 4 nitrogen and oxygen atoms in total. The Labute approximate surface area is 119 Å². The molecule has 20 heavy (non-hydrogen) atoms. The second kappa shape index (κ2) is 5.35. The lowest BCUT2D eigenvalue weighted by Gasteiger charge is -2.45. The Hall–Kier alpha value is -1.71. The minimum atomic E-state index is -0.943. The van der Waals surface area contributed by atoms with Crippen LogP contribution in [0.1, 0.15) is 48.9 Å². The van der Waals surface area contributed by atoms with E-state index in [1.54, 1.807) is 12.1 Å². The van der Waals surface area contributed by atoms with Gasteiger partial charge in [0.2, 0.25) is 0 Å². The third-order valence-electron chi connectivity index (χ3n) is 4.84. The van der Waals surface area contributed by atoms with Gasteiger partial charge in [0.05, 0.1) is 5.56 Å². The predicted molar refractivity (Wildman–Crippen MR) is 80.1 cm³/mol. The summed E-state index contributed by atoms with van der Waals surface area (Å²) in [6.45, 7) is 1.03. The monoisotopic (exact) mass is 274 g/mol. The molecule has 1 aliphatic carbocycles. The van der Waals surface area contributed by atoms with E-state index >= 15 is 0 Å². The van der Waals surface area contributed by atoms with Crippen molar-refractivity contribution in [1.29, 1.82) is 0 Å². The summed E-state index contributed by atoms with van der Waals surface area (Å²) in [5.41, 5.74) is 7.34. The minimum absolute atomic E-state index is 0.223. The maximum Gasteiger partial charge on any atom is 0.337 e. The van der Waals surface area contributed by atoms with E-state index in [4.69, 9.17) is 5.73 Å². The number of carbonyl (C=O) groups is 1. The molecule has 108 valence electrons. The number of carboxylic acid groups (broad SMARTS) is 1. The molecule has 1 aromatic carbocycles. The smallest absolute Gasteiger partial charge is 0.337 e. The van der Waals surface area contributed by atoms with Gasteiger partial charge in [0.15, 0.2) is 0 Å². The van der Waals surface area contributed by atoms with Gasteiger partial charge in [0.1, 0.15) is 0 Å². The van der Waals surface area contributed by atoms with Gasteiger partial charge in [0, 0.05) is 24.0 Å². The van der Waals surface area contributed by atoms with Gasteiger partial charge >= 0.3 is 5.97 Å². The first kappa shape index (κ1) is 13.3. The number of nitrogen functional groups attached to an aromatic ring is 1. The number of nitrogens with two attached hydrogens (primary N) is 1. The van der Waals surface area contributed by atoms with E-state index in [9.17, 15) is 9.90 Å². The van der Waals surface area contributed by atoms with Crippen molar-refractivity contribution < 1.29 is 9.90 Å². The van der Waals surface area contributed by atoms with Crippen molar-refractivity contribution in [3.05, 3.63) is 23.8 Å². The summed E-state index contributed by atoms with van der Waals surface area (Å²) >= 11 is 0. The molecular formula is C16H22N2O2. The topological polar surface area (TPSA) is 66.6 Å². The lowest BCUT2D eigenvalue weighted by Crippen LogP contribution is -2.47. The van der Waals surface area contributed by atoms with E-state index in [1.807, 2.05) is 6.07 Å². The molecule has 0 amide bonds. The molecule has 3 rings (SSSR count). The van der Waals surface area contributed by atoms with Gasteiger partial charge in [-0.15, -0.1) is 0 Å². The number of hydrogen-bond acceptors (Lipinski definition) is 3. The van der Waals surface area contributed by atoms with E-state index in [0.29, 0.717) is 11.7 Å². The van der Waals surface area contributed by atoms with Gasteiger partial charge in [-0.25, -0.2) is 4.79 Å². The highest BCUT2D eigenvalue weighted by Crippen LogP contribution is 2.38. The first-order valence-electron chi connectivity index (χ1n) is 7.56. The standard InChI is InChI=1S/C16H22N2O2/c17-14-8-7-12(10-13(14)16(19)20)18-9-3-5-11-4-1-2-6-15(11)18/h7-8,10-11,15H,1-6,9,17H2,(H,19,20)/t11-,15-/m1/s1. The van der Waals surface area contributed by atoms with Crippen LogP contribution in [0, 0.1) is 5.92 Å². The highest BCUT2D eigenvalue weighted by Gasteiger charge is 2.33. The van der Waals surface area contributed by atoms with Crippen LogP contribution in [0.2, 0.25) is 0 Å². The molecule has 0 radical (unpaired) electrons. The Kier molecular flexibility index (Phi) is 3.55. The predicted octanol–water partition coefficient (Wildman–Crippen LogP) is 3.13. The van der Waals surface area contributed by atoms with E-state index in [-0.39, 0.29) is 5.56 Å². The normalized spacial score (nSPS) is 26.1. The van der Waals surface area contributed by atoms with Gasteiger partial charge in [-0.1, -0.05) is 12.8 Å². The van der Waals surface area contributed by atoms with Crippen LogP contribution in [0.5, 0.6) is 0 Å². The highest BCUT2D eigenvalue weighted by atomic mass is 16.4. The molecule has 1 heterocycles. The second-order valence-electron chi connectivity index (χ2n) is 6.02. The van der Waals surface area contributed by atoms with Crippen molar-refractivity contribution in [3.63, 3.8) is 0 Å². The molecule has 3 N–H and O–H groups in total. The minimum Gasteiger partial charge on any atom is -0.478 e. The molecular weight excluding hydrogens is 252 g/mol. The first-order valence-corrected chi connectivity index (χ1v) is 7.56. The van der Waals surface area contributed by atoms with Gasteiger partial charge in [0.25, 0.3) is 0 Å². The van der Waals surface area contributed by atoms with E-state index < -0.39 is 5.97 Å². The zero-order chi connectivity index (χ0) is 14.1. The fourth-order valence-corrected chi connectivity index (χ4v) is 3.85. The Morgan fingerprint density at radius 3 is 2.75 bits per heavy atom. The van der Waals surface area contributed by atoms with Gasteiger partial charge < -0.3 is 15.7 Å². The van der Waals surface area contributed by atoms with Gasteiger partial charge in [-0.3, -0.25) is 0 Å². The number of benzene rings is 1. The number of piperidine rings is 1. The number of anilines is 2. The lowest BCUT2D eigenvalue weighted by molar-refractivity contribution is 0.0698. The molecule has 1 saturated heterocycles. The fraction of sp³-hybridized carbons (Fsp3) is 0.562. The van der Waals surface area contributed by atoms with E-state index in [2.05, 4.69) is 4.90 Å². The summed E-state index contributed by atoms with van der Waals surface area (Å²) in [5.74, 6) is -0.162. The van der Waals surface area contributed by atoms with Crippen molar-refractivity contribution >= 4 is 17.3 Å². The first-order chi connectivity index (χ1) is 9.66. The average Bonchev–Trinajstić information content (AvgIpc) is 2.47. The molecule has 4 heteroatoms. The number of carboxylic acids is 1. The van der Waals surface area contributed by atoms with E-state index in [0.717, 1.165) is 18.2 Å². The van der Waals surface area contributed by atoms with E-state index in [1.165, 1.54) is 38.5 Å².